The number of rotatable bonds is 7. The predicted octanol–water partition coefficient (Wildman–Crippen LogP) is 5.76. The SMILES string of the molecule is N#Cc1ccc(-c2ccccc2CCC(=O)N2CCC(CCc3ccc4c(c3)OCO4)CC2)cc1. The number of benzene rings is 3. The van der Waals surface area contributed by atoms with Gasteiger partial charge in [-0.15, -0.1) is 0 Å². The Balaban J connectivity index is 1.10. The quantitative estimate of drug-likeness (QED) is 0.444. The van der Waals surface area contributed by atoms with E-state index >= 15 is 0 Å². The average molecular weight is 467 g/mol. The second-order valence-electron chi connectivity index (χ2n) is 9.40. The Morgan fingerprint density at radius 1 is 0.943 bits per heavy atom. The first-order valence-corrected chi connectivity index (χ1v) is 12.4. The number of aryl methyl sites for hydroxylation is 2. The largest absolute Gasteiger partial charge is 0.454 e. The van der Waals surface area contributed by atoms with Crippen molar-refractivity contribution in [3.63, 3.8) is 0 Å². The van der Waals surface area contributed by atoms with Gasteiger partial charge in [-0.25, -0.2) is 0 Å². The molecule has 0 unspecified atom stereocenters. The molecule has 1 saturated heterocycles. The number of amides is 1. The normalized spacial score (nSPS) is 15.1. The molecule has 2 aliphatic rings. The standard InChI is InChI=1S/C30H30N2O3/c31-20-24-7-10-26(11-8-24)27-4-2-1-3-25(27)12-14-30(33)32-17-15-22(16-18-32)5-6-23-9-13-28-29(19-23)35-21-34-28/h1-4,7-11,13,19,22H,5-6,12,14-18,21H2. The molecule has 5 nitrogen and oxygen atoms in total. The van der Waals surface area contributed by atoms with Crippen LogP contribution >= 0.6 is 0 Å². The molecular weight excluding hydrogens is 436 g/mol. The number of carbonyl (C=O) groups excluding carboxylic acids is 1. The van der Waals surface area contributed by atoms with Crippen molar-refractivity contribution in [2.24, 2.45) is 5.92 Å². The van der Waals surface area contributed by atoms with Crippen molar-refractivity contribution >= 4 is 5.91 Å². The smallest absolute Gasteiger partial charge is 0.231 e. The highest BCUT2D eigenvalue weighted by molar-refractivity contribution is 5.77. The molecule has 5 rings (SSSR count). The van der Waals surface area contributed by atoms with Gasteiger partial charge >= 0.3 is 0 Å². The Labute approximate surface area is 206 Å². The van der Waals surface area contributed by atoms with Gasteiger partial charge in [0, 0.05) is 19.5 Å². The summed E-state index contributed by atoms with van der Waals surface area (Å²) >= 11 is 0. The highest BCUT2D eigenvalue weighted by Crippen LogP contribution is 2.33. The number of nitrogens with zero attached hydrogens (tertiary/aromatic N) is 2. The van der Waals surface area contributed by atoms with Crippen LogP contribution in [0.4, 0.5) is 0 Å². The lowest BCUT2D eigenvalue weighted by Crippen LogP contribution is -2.38. The summed E-state index contributed by atoms with van der Waals surface area (Å²) in [5, 5.41) is 9.05. The maximum atomic E-state index is 13.0. The summed E-state index contributed by atoms with van der Waals surface area (Å²) in [7, 11) is 0. The zero-order valence-electron chi connectivity index (χ0n) is 19.9. The fraction of sp³-hybridized carbons (Fsp3) is 0.333. The highest BCUT2D eigenvalue weighted by Gasteiger charge is 2.23. The molecule has 0 radical (unpaired) electrons. The Morgan fingerprint density at radius 2 is 1.71 bits per heavy atom. The molecule has 1 amide bonds. The molecule has 0 bridgehead atoms. The second kappa shape index (κ2) is 10.7. The van der Waals surface area contributed by atoms with Crippen LogP contribution in [-0.4, -0.2) is 30.7 Å². The number of hydrogen-bond donors (Lipinski definition) is 0. The zero-order valence-corrected chi connectivity index (χ0v) is 19.9. The number of hydrogen-bond acceptors (Lipinski definition) is 4. The van der Waals surface area contributed by atoms with Gasteiger partial charge in [0.25, 0.3) is 0 Å². The van der Waals surface area contributed by atoms with Crippen LogP contribution in [0.25, 0.3) is 11.1 Å². The summed E-state index contributed by atoms with van der Waals surface area (Å²) in [5.74, 6) is 2.58. The second-order valence-corrected chi connectivity index (χ2v) is 9.40. The Hall–Kier alpha value is -3.78. The first-order chi connectivity index (χ1) is 17.2. The summed E-state index contributed by atoms with van der Waals surface area (Å²) in [6.45, 7) is 2.01. The van der Waals surface area contributed by atoms with Crippen LogP contribution in [0.2, 0.25) is 0 Å². The minimum absolute atomic E-state index is 0.244. The number of nitriles is 1. The average Bonchev–Trinajstić information content (AvgIpc) is 3.39. The van der Waals surface area contributed by atoms with Crippen LogP contribution in [0, 0.1) is 17.2 Å². The number of piperidine rings is 1. The highest BCUT2D eigenvalue weighted by atomic mass is 16.7. The van der Waals surface area contributed by atoms with Crippen LogP contribution in [0.5, 0.6) is 11.5 Å². The summed E-state index contributed by atoms with van der Waals surface area (Å²) < 4.78 is 10.9. The molecule has 2 aliphatic heterocycles. The van der Waals surface area contributed by atoms with E-state index in [1.165, 1.54) is 11.1 Å². The summed E-state index contributed by atoms with van der Waals surface area (Å²) in [6.07, 6.45) is 5.55. The zero-order chi connectivity index (χ0) is 24.0. The lowest BCUT2D eigenvalue weighted by atomic mass is 9.90. The molecule has 0 aliphatic carbocycles. The molecule has 178 valence electrons. The van der Waals surface area contributed by atoms with Gasteiger partial charge in [-0.2, -0.15) is 5.26 Å². The summed E-state index contributed by atoms with van der Waals surface area (Å²) in [5.41, 5.74) is 5.32. The topological polar surface area (TPSA) is 62.6 Å². The fourth-order valence-corrected chi connectivity index (χ4v) is 5.08. The third-order valence-electron chi connectivity index (χ3n) is 7.20. The van der Waals surface area contributed by atoms with Gasteiger partial charge in [0.15, 0.2) is 11.5 Å². The number of fused-ring (bicyclic) bond motifs is 1. The maximum absolute atomic E-state index is 13.0. The Morgan fingerprint density at radius 3 is 2.51 bits per heavy atom. The van der Waals surface area contributed by atoms with Crippen LogP contribution in [0.15, 0.2) is 66.7 Å². The molecule has 0 atom stereocenters. The summed E-state index contributed by atoms with van der Waals surface area (Å²) in [6, 6.07) is 24.3. The Kier molecular flexibility index (Phi) is 6.99. The van der Waals surface area contributed by atoms with E-state index in [1.54, 1.807) is 0 Å². The van der Waals surface area contributed by atoms with E-state index < -0.39 is 0 Å². The van der Waals surface area contributed by atoms with Crippen LogP contribution in [0.3, 0.4) is 0 Å². The number of likely N-dealkylation sites (tertiary alicyclic amines) is 1. The van der Waals surface area contributed by atoms with E-state index in [9.17, 15) is 4.79 Å². The molecule has 5 heteroatoms. The molecular formula is C30H30N2O3. The molecule has 35 heavy (non-hydrogen) atoms. The number of carbonyl (C=O) groups is 1. The van der Waals surface area contributed by atoms with Crippen LogP contribution < -0.4 is 9.47 Å². The van der Waals surface area contributed by atoms with Crippen LogP contribution in [0.1, 0.15) is 42.4 Å². The predicted molar refractivity (Wildman–Crippen MR) is 135 cm³/mol. The molecule has 1 fully saturated rings. The van der Waals surface area contributed by atoms with Crippen molar-refractivity contribution in [3.05, 3.63) is 83.4 Å². The van der Waals surface area contributed by atoms with E-state index in [4.69, 9.17) is 14.7 Å². The van der Waals surface area contributed by atoms with E-state index in [1.807, 2.05) is 47.4 Å². The van der Waals surface area contributed by atoms with E-state index in [0.29, 0.717) is 24.7 Å². The van der Waals surface area contributed by atoms with Gasteiger partial charge in [-0.1, -0.05) is 42.5 Å². The van der Waals surface area contributed by atoms with E-state index in [0.717, 1.165) is 67.8 Å². The van der Waals surface area contributed by atoms with Crippen molar-refractivity contribution in [1.29, 1.82) is 5.26 Å². The van der Waals surface area contributed by atoms with Gasteiger partial charge < -0.3 is 14.4 Å². The van der Waals surface area contributed by atoms with E-state index in [2.05, 4.69) is 30.3 Å². The van der Waals surface area contributed by atoms with Crippen molar-refractivity contribution in [3.8, 4) is 28.7 Å². The lowest BCUT2D eigenvalue weighted by molar-refractivity contribution is -0.132. The molecule has 0 saturated carbocycles. The van der Waals surface area contributed by atoms with Gasteiger partial charge in [-0.05, 0) is 84.5 Å². The van der Waals surface area contributed by atoms with Gasteiger partial charge in [-0.3, -0.25) is 4.79 Å². The first-order valence-electron chi connectivity index (χ1n) is 12.4. The third-order valence-corrected chi connectivity index (χ3v) is 7.20. The molecule has 0 aromatic heterocycles. The first kappa shape index (κ1) is 23.0. The van der Waals surface area contributed by atoms with Gasteiger partial charge in [0.2, 0.25) is 12.7 Å². The molecule has 3 aromatic rings. The van der Waals surface area contributed by atoms with Gasteiger partial charge in [0.05, 0.1) is 11.6 Å². The minimum atomic E-state index is 0.244. The number of ether oxygens (including phenoxy) is 2. The molecule has 0 spiro atoms. The van der Waals surface area contributed by atoms with Crippen LogP contribution in [-0.2, 0) is 17.6 Å². The Bertz CT molecular complexity index is 1220. The maximum Gasteiger partial charge on any atom is 0.231 e. The van der Waals surface area contributed by atoms with Gasteiger partial charge in [0.1, 0.15) is 0 Å². The van der Waals surface area contributed by atoms with Crippen molar-refractivity contribution < 1.29 is 14.3 Å². The molecule has 2 heterocycles. The molecule has 3 aromatic carbocycles. The van der Waals surface area contributed by atoms with E-state index in [-0.39, 0.29) is 5.91 Å². The van der Waals surface area contributed by atoms with Crippen molar-refractivity contribution in [2.45, 2.75) is 38.5 Å². The lowest BCUT2D eigenvalue weighted by Gasteiger charge is -2.32. The van der Waals surface area contributed by atoms with Crippen molar-refractivity contribution in [1.82, 2.24) is 4.90 Å². The minimum Gasteiger partial charge on any atom is -0.454 e. The van der Waals surface area contributed by atoms with Crippen molar-refractivity contribution in [2.75, 3.05) is 19.9 Å². The third kappa shape index (κ3) is 5.49. The molecule has 0 N–H and O–H groups in total. The fourth-order valence-electron chi connectivity index (χ4n) is 5.08. The monoisotopic (exact) mass is 466 g/mol. The summed E-state index contributed by atoms with van der Waals surface area (Å²) in [4.78, 5) is 15.0.